The minimum atomic E-state index is -0.311. The number of hydrogen-bond acceptors (Lipinski definition) is 3. The van der Waals surface area contributed by atoms with Gasteiger partial charge in [0.25, 0.3) is 5.91 Å². The summed E-state index contributed by atoms with van der Waals surface area (Å²) in [5.41, 5.74) is 0.173. The van der Waals surface area contributed by atoms with Crippen LogP contribution in [0.4, 0.5) is 0 Å². The lowest BCUT2D eigenvalue weighted by Crippen LogP contribution is -2.23. The van der Waals surface area contributed by atoms with Crippen LogP contribution in [0, 0.1) is 0 Å². The van der Waals surface area contributed by atoms with Crippen LogP contribution in [0.15, 0.2) is 6.07 Å². The van der Waals surface area contributed by atoms with E-state index in [4.69, 9.17) is 23.2 Å². The number of hydrogen-bond donors (Lipinski definition) is 1. The Kier molecular flexibility index (Phi) is 3.45. The Morgan fingerprint density at radius 1 is 1.54 bits per heavy atom. The van der Waals surface area contributed by atoms with Gasteiger partial charge in [-0.05, 0) is 18.5 Å². The van der Waals surface area contributed by atoms with E-state index in [0.29, 0.717) is 6.54 Å². The van der Waals surface area contributed by atoms with Crippen LogP contribution in [0.2, 0.25) is 10.4 Å². The summed E-state index contributed by atoms with van der Waals surface area (Å²) < 4.78 is 0. The van der Waals surface area contributed by atoms with Gasteiger partial charge in [-0.15, -0.1) is 0 Å². The van der Waals surface area contributed by atoms with Crippen LogP contribution in [0.5, 0.6) is 0 Å². The molecule has 1 aromatic heterocycles. The maximum Gasteiger partial charge on any atom is 0.270 e. The fourth-order valence-corrected chi connectivity index (χ4v) is 1.17. The second kappa shape index (κ2) is 4.39. The highest BCUT2D eigenvalue weighted by Crippen LogP contribution is 2.10. The van der Waals surface area contributed by atoms with Crippen LogP contribution >= 0.6 is 23.2 Å². The summed E-state index contributed by atoms with van der Waals surface area (Å²) in [5, 5.41) is 2.69. The van der Waals surface area contributed by atoms with Gasteiger partial charge in [0.2, 0.25) is 5.28 Å². The molecule has 0 aromatic carbocycles. The highest BCUT2D eigenvalue weighted by atomic mass is 35.5. The third-order valence-electron chi connectivity index (χ3n) is 1.24. The Bertz CT molecular complexity index is 309. The molecule has 0 spiro atoms. The zero-order valence-corrected chi connectivity index (χ0v) is 8.35. The van der Waals surface area contributed by atoms with E-state index in [-0.39, 0.29) is 22.0 Å². The minimum Gasteiger partial charge on any atom is -0.351 e. The summed E-state index contributed by atoms with van der Waals surface area (Å²) >= 11 is 11.1. The van der Waals surface area contributed by atoms with Gasteiger partial charge in [-0.25, -0.2) is 9.97 Å². The number of rotatable bonds is 2. The first-order valence-electron chi connectivity index (χ1n) is 3.61. The first kappa shape index (κ1) is 10.2. The number of halogens is 2. The van der Waals surface area contributed by atoms with Gasteiger partial charge in [-0.3, -0.25) is 4.79 Å². The lowest BCUT2D eigenvalue weighted by atomic mass is 10.4. The summed E-state index contributed by atoms with van der Waals surface area (Å²) in [7, 11) is 0. The van der Waals surface area contributed by atoms with Crippen molar-refractivity contribution in [3.63, 3.8) is 0 Å². The molecule has 1 amide bonds. The molecule has 6 heteroatoms. The summed E-state index contributed by atoms with van der Waals surface area (Å²) in [6.45, 7) is 2.33. The summed E-state index contributed by atoms with van der Waals surface area (Å²) in [4.78, 5) is 18.6. The highest BCUT2D eigenvalue weighted by molar-refractivity contribution is 6.32. The van der Waals surface area contributed by atoms with Crippen molar-refractivity contribution in [2.45, 2.75) is 6.92 Å². The summed E-state index contributed by atoms with van der Waals surface area (Å²) in [5.74, 6) is -0.311. The topological polar surface area (TPSA) is 54.9 Å². The van der Waals surface area contributed by atoms with Crippen LogP contribution in [-0.2, 0) is 0 Å². The molecule has 0 fully saturated rings. The van der Waals surface area contributed by atoms with E-state index in [2.05, 4.69) is 15.3 Å². The average molecular weight is 220 g/mol. The van der Waals surface area contributed by atoms with Gasteiger partial charge in [-0.1, -0.05) is 11.6 Å². The lowest BCUT2D eigenvalue weighted by Gasteiger charge is -2.01. The maximum atomic E-state index is 11.2. The van der Waals surface area contributed by atoms with E-state index in [1.807, 2.05) is 6.92 Å². The highest BCUT2D eigenvalue weighted by Gasteiger charge is 2.08. The predicted octanol–water partition coefficient (Wildman–Crippen LogP) is 1.53. The number of amides is 1. The van der Waals surface area contributed by atoms with Crippen molar-refractivity contribution >= 4 is 29.1 Å². The molecule has 1 N–H and O–H groups in total. The molecule has 4 nitrogen and oxygen atoms in total. The molecule has 0 unspecified atom stereocenters. The normalized spacial score (nSPS) is 9.77. The van der Waals surface area contributed by atoms with Gasteiger partial charge in [0.15, 0.2) is 0 Å². The smallest absolute Gasteiger partial charge is 0.270 e. The zero-order valence-electron chi connectivity index (χ0n) is 6.84. The number of carbonyl (C=O) groups excluding carboxylic acids is 1. The standard InChI is InChI=1S/C7H7Cl2N3O/c1-2-10-6(13)4-3-5(8)12-7(9)11-4/h3H,2H2,1H3,(H,10,13). The Labute approximate surface area is 85.3 Å². The van der Waals surface area contributed by atoms with Crippen molar-refractivity contribution in [2.75, 3.05) is 6.54 Å². The summed E-state index contributed by atoms with van der Waals surface area (Å²) in [6, 6.07) is 1.36. The molecule has 0 aliphatic rings. The molecule has 0 aliphatic carbocycles. The molecule has 0 aliphatic heterocycles. The molecule has 70 valence electrons. The first-order valence-corrected chi connectivity index (χ1v) is 4.37. The fourth-order valence-electron chi connectivity index (χ4n) is 0.757. The number of nitrogens with one attached hydrogen (secondary N) is 1. The molecule has 13 heavy (non-hydrogen) atoms. The molecule has 1 rings (SSSR count). The molecule has 0 bridgehead atoms. The molecular formula is C7H7Cl2N3O. The molecule has 1 heterocycles. The van der Waals surface area contributed by atoms with E-state index < -0.39 is 0 Å². The van der Waals surface area contributed by atoms with Crippen molar-refractivity contribution < 1.29 is 4.79 Å². The second-order valence-electron chi connectivity index (χ2n) is 2.20. The van der Waals surface area contributed by atoms with E-state index in [1.165, 1.54) is 6.07 Å². The Balaban J connectivity index is 2.94. The van der Waals surface area contributed by atoms with E-state index in [0.717, 1.165) is 0 Å². The van der Waals surface area contributed by atoms with Crippen molar-refractivity contribution in [1.29, 1.82) is 0 Å². The molecule has 0 saturated carbocycles. The lowest BCUT2D eigenvalue weighted by molar-refractivity contribution is 0.0950. The fraction of sp³-hybridized carbons (Fsp3) is 0.286. The van der Waals surface area contributed by atoms with Crippen LogP contribution in [0.3, 0.4) is 0 Å². The van der Waals surface area contributed by atoms with Crippen LogP contribution < -0.4 is 5.32 Å². The molecular weight excluding hydrogens is 213 g/mol. The van der Waals surface area contributed by atoms with Gasteiger partial charge in [-0.2, -0.15) is 0 Å². The Hall–Kier alpha value is -0.870. The third kappa shape index (κ3) is 2.82. The monoisotopic (exact) mass is 219 g/mol. The Morgan fingerprint density at radius 2 is 2.23 bits per heavy atom. The van der Waals surface area contributed by atoms with Gasteiger partial charge in [0, 0.05) is 12.6 Å². The van der Waals surface area contributed by atoms with Crippen molar-refractivity contribution in [1.82, 2.24) is 15.3 Å². The van der Waals surface area contributed by atoms with Crippen LogP contribution in [0.25, 0.3) is 0 Å². The van der Waals surface area contributed by atoms with Crippen molar-refractivity contribution in [3.8, 4) is 0 Å². The third-order valence-corrected chi connectivity index (χ3v) is 1.60. The second-order valence-corrected chi connectivity index (χ2v) is 2.93. The minimum absolute atomic E-state index is 0.0336. The number of carbonyl (C=O) groups is 1. The predicted molar refractivity (Wildman–Crippen MR) is 50.1 cm³/mol. The SMILES string of the molecule is CCNC(=O)c1cc(Cl)nc(Cl)n1. The van der Waals surface area contributed by atoms with Crippen LogP contribution in [0.1, 0.15) is 17.4 Å². The average Bonchev–Trinajstić information content (AvgIpc) is 2.03. The summed E-state index contributed by atoms with van der Waals surface area (Å²) in [6.07, 6.45) is 0. The van der Waals surface area contributed by atoms with Gasteiger partial charge in [0.05, 0.1) is 0 Å². The first-order chi connectivity index (χ1) is 6.13. The van der Waals surface area contributed by atoms with Crippen molar-refractivity contribution in [2.24, 2.45) is 0 Å². The Morgan fingerprint density at radius 3 is 2.77 bits per heavy atom. The van der Waals surface area contributed by atoms with Crippen LogP contribution in [-0.4, -0.2) is 22.4 Å². The van der Waals surface area contributed by atoms with E-state index in [9.17, 15) is 4.79 Å². The molecule has 0 radical (unpaired) electrons. The van der Waals surface area contributed by atoms with E-state index in [1.54, 1.807) is 0 Å². The van der Waals surface area contributed by atoms with Gasteiger partial charge < -0.3 is 5.32 Å². The van der Waals surface area contributed by atoms with Gasteiger partial charge in [0.1, 0.15) is 10.8 Å². The van der Waals surface area contributed by atoms with Crippen molar-refractivity contribution in [3.05, 3.63) is 22.2 Å². The largest absolute Gasteiger partial charge is 0.351 e. The molecule has 1 aromatic rings. The van der Waals surface area contributed by atoms with E-state index >= 15 is 0 Å². The van der Waals surface area contributed by atoms with Gasteiger partial charge >= 0.3 is 0 Å². The molecule has 0 atom stereocenters. The number of nitrogens with zero attached hydrogens (tertiary/aromatic N) is 2. The number of aromatic nitrogens is 2. The quantitative estimate of drug-likeness (QED) is 0.607. The molecule has 0 saturated heterocycles. The maximum absolute atomic E-state index is 11.2. The zero-order chi connectivity index (χ0) is 9.84.